The van der Waals surface area contributed by atoms with Crippen LogP contribution in [0.1, 0.15) is 5.69 Å². The standard InChI is InChI=1S/C17H15N5OS/c18-6-5-13-12(16-20-14-3-1-2-4-15(14)24-16)11-19-17(21-13)22-7-9-23-10-8-22/h1-4,11H,5,7-10H2. The maximum Gasteiger partial charge on any atom is 0.225 e. The van der Waals surface area contributed by atoms with Gasteiger partial charge < -0.3 is 9.64 Å². The van der Waals surface area contributed by atoms with Crippen LogP contribution in [0.4, 0.5) is 5.95 Å². The highest BCUT2D eigenvalue weighted by molar-refractivity contribution is 7.21. The molecule has 120 valence electrons. The predicted molar refractivity (Wildman–Crippen MR) is 93.0 cm³/mol. The van der Waals surface area contributed by atoms with Gasteiger partial charge in [0.15, 0.2) is 0 Å². The Bertz CT molecular complexity index is 878. The molecule has 2 aromatic heterocycles. The summed E-state index contributed by atoms with van der Waals surface area (Å²) in [6, 6.07) is 10.2. The third-order valence-electron chi connectivity index (χ3n) is 3.92. The highest BCUT2D eigenvalue weighted by Crippen LogP contribution is 2.32. The largest absolute Gasteiger partial charge is 0.378 e. The molecule has 0 aliphatic carbocycles. The number of ether oxygens (including phenoxy) is 1. The molecule has 3 heterocycles. The Balaban J connectivity index is 1.75. The molecule has 3 aromatic rings. The number of para-hydroxylation sites is 1. The summed E-state index contributed by atoms with van der Waals surface area (Å²) in [5.74, 6) is 0.661. The highest BCUT2D eigenvalue weighted by atomic mass is 32.1. The molecule has 1 fully saturated rings. The second kappa shape index (κ2) is 6.51. The predicted octanol–water partition coefficient (Wildman–Crippen LogP) is 2.66. The molecule has 0 radical (unpaired) electrons. The maximum atomic E-state index is 9.17. The molecule has 4 rings (SSSR count). The fourth-order valence-electron chi connectivity index (χ4n) is 2.70. The number of nitriles is 1. The fraction of sp³-hybridized carbons (Fsp3) is 0.294. The SMILES string of the molecule is N#CCc1nc(N2CCOCC2)ncc1-c1nc2ccccc2s1. The molecule has 7 heteroatoms. The Labute approximate surface area is 143 Å². The smallest absolute Gasteiger partial charge is 0.225 e. The van der Waals surface area contributed by atoms with Crippen molar-refractivity contribution in [1.82, 2.24) is 15.0 Å². The van der Waals surface area contributed by atoms with E-state index in [-0.39, 0.29) is 6.42 Å². The van der Waals surface area contributed by atoms with E-state index in [1.54, 1.807) is 17.5 Å². The van der Waals surface area contributed by atoms with E-state index in [0.717, 1.165) is 39.6 Å². The summed E-state index contributed by atoms with van der Waals surface area (Å²) >= 11 is 1.60. The summed E-state index contributed by atoms with van der Waals surface area (Å²) in [7, 11) is 0. The van der Waals surface area contributed by atoms with E-state index in [1.165, 1.54) is 0 Å². The number of nitrogens with zero attached hydrogens (tertiary/aromatic N) is 5. The van der Waals surface area contributed by atoms with E-state index in [2.05, 4.69) is 25.9 Å². The second-order valence-electron chi connectivity index (χ2n) is 5.45. The molecule has 24 heavy (non-hydrogen) atoms. The van der Waals surface area contributed by atoms with Gasteiger partial charge in [0.2, 0.25) is 5.95 Å². The van der Waals surface area contributed by atoms with Gasteiger partial charge in [-0.15, -0.1) is 11.3 Å². The Kier molecular flexibility index (Phi) is 4.07. The molecular weight excluding hydrogens is 322 g/mol. The van der Waals surface area contributed by atoms with Gasteiger partial charge >= 0.3 is 0 Å². The summed E-state index contributed by atoms with van der Waals surface area (Å²) in [5, 5.41) is 10.0. The number of hydrogen-bond donors (Lipinski definition) is 0. The van der Waals surface area contributed by atoms with Crippen LogP contribution in [0.25, 0.3) is 20.8 Å². The Morgan fingerprint density at radius 2 is 2.04 bits per heavy atom. The van der Waals surface area contributed by atoms with Crippen molar-refractivity contribution in [1.29, 1.82) is 5.26 Å². The molecule has 0 bridgehead atoms. The van der Waals surface area contributed by atoms with Gasteiger partial charge in [0.1, 0.15) is 5.01 Å². The number of rotatable bonds is 3. The van der Waals surface area contributed by atoms with Crippen molar-refractivity contribution < 1.29 is 4.74 Å². The minimum Gasteiger partial charge on any atom is -0.378 e. The zero-order chi connectivity index (χ0) is 16.4. The third kappa shape index (κ3) is 2.82. The van der Waals surface area contributed by atoms with Crippen molar-refractivity contribution in [3.8, 4) is 16.6 Å². The van der Waals surface area contributed by atoms with Gasteiger partial charge in [-0.1, -0.05) is 12.1 Å². The summed E-state index contributed by atoms with van der Waals surface area (Å²) in [5.41, 5.74) is 2.53. The fourth-order valence-corrected chi connectivity index (χ4v) is 3.70. The van der Waals surface area contributed by atoms with Crippen molar-refractivity contribution >= 4 is 27.5 Å². The van der Waals surface area contributed by atoms with E-state index in [1.807, 2.05) is 24.3 Å². The molecule has 1 saturated heterocycles. The maximum absolute atomic E-state index is 9.17. The van der Waals surface area contributed by atoms with Crippen LogP contribution >= 0.6 is 11.3 Å². The summed E-state index contributed by atoms with van der Waals surface area (Å²) in [6.07, 6.45) is 2.04. The molecular formula is C17H15N5OS. The Morgan fingerprint density at radius 1 is 1.21 bits per heavy atom. The Morgan fingerprint density at radius 3 is 2.83 bits per heavy atom. The normalized spacial score (nSPS) is 14.7. The molecule has 0 unspecified atom stereocenters. The van der Waals surface area contributed by atoms with Crippen LogP contribution in [0.2, 0.25) is 0 Å². The first-order chi connectivity index (χ1) is 11.8. The van der Waals surface area contributed by atoms with Gasteiger partial charge in [0.25, 0.3) is 0 Å². The van der Waals surface area contributed by atoms with Gasteiger partial charge in [-0.05, 0) is 12.1 Å². The minimum atomic E-state index is 0.241. The lowest BCUT2D eigenvalue weighted by Crippen LogP contribution is -2.37. The number of hydrogen-bond acceptors (Lipinski definition) is 7. The summed E-state index contributed by atoms with van der Waals surface area (Å²) in [4.78, 5) is 15.9. The summed E-state index contributed by atoms with van der Waals surface area (Å²) in [6.45, 7) is 2.89. The van der Waals surface area contributed by atoms with Crippen molar-refractivity contribution in [2.75, 3.05) is 31.2 Å². The number of benzene rings is 1. The molecule has 0 amide bonds. The van der Waals surface area contributed by atoms with Gasteiger partial charge in [-0.25, -0.2) is 15.0 Å². The van der Waals surface area contributed by atoms with Crippen LogP contribution in [-0.2, 0) is 11.2 Å². The zero-order valence-electron chi connectivity index (χ0n) is 13.0. The molecule has 1 aliphatic rings. The van der Waals surface area contributed by atoms with E-state index in [4.69, 9.17) is 4.74 Å². The quantitative estimate of drug-likeness (QED) is 0.731. The lowest BCUT2D eigenvalue weighted by atomic mass is 10.2. The lowest BCUT2D eigenvalue weighted by Gasteiger charge is -2.27. The van der Waals surface area contributed by atoms with Crippen molar-refractivity contribution in [2.45, 2.75) is 6.42 Å². The van der Waals surface area contributed by atoms with Crippen LogP contribution in [0, 0.1) is 11.3 Å². The molecule has 0 spiro atoms. The first-order valence-corrected chi connectivity index (χ1v) is 8.58. The first-order valence-electron chi connectivity index (χ1n) is 7.76. The lowest BCUT2D eigenvalue weighted by molar-refractivity contribution is 0.122. The van der Waals surface area contributed by atoms with Crippen LogP contribution in [0.3, 0.4) is 0 Å². The van der Waals surface area contributed by atoms with E-state index in [0.29, 0.717) is 19.2 Å². The van der Waals surface area contributed by atoms with Crippen molar-refractivity contribution in [3.63, 3.8) is 0 Å². The number of morpholine rings is 1. The van der Waals surface area contributed by atoms with Gasteiger partial charge in [0, 0.05) is 19.3 Å². The van der Waals surface area contributed by atoms with Crippen molar-refractivity contribution in [2.24, 2.45) is 0 Å². The van der Waals surface area contributed by atoms with E-state index < -0.39 is 0 Å². The summed E-state index contributed by atoms with van der Waals surface area (Å²) < 4.78 is 6.49. The molecule has 1 aromatic carbocycles. The van der Waals surface area contributed by atoms with Crippen LogP contribution in [0.5, 0.6) is 0 Å². The molecule has 0 atom stereocenters. The number of anilines is 1. The van der Waals surface area contributed by atoms with Gasteiger partial charge in [0.05, 0.1) is 47.2 Å². The van der Waals surface area contributed by atoms with Crippen molar-refractivity contribution in [3.05, 3.63) is 36.2 Å². The molecule has 0 saturated carbocycles. The average molecular weight is 337 g/mol. The van der Waals surface area contributed by atoms with E-state index >= 15 is 0 Å². The Hall–Kier alpha value is -2.56. The number of aromatic nitrogens is 3. The second-order valence-corrected chi connectivity index (χ2v) is 6.48. The van der Waals surface area contributed by atoms with Crippen LogP contribution < -0.4 is 4.90 Å². The van der Waals surface area contributed by atoms with Crippen LogP contribution in [0.15, 0.2) is 30.5 Å². The minimum absolute atomic E-state index is 0.241. The topological polar surface area (TPSA) is 74.9 Å². The monoisotopic (exact) mass is 337 g/mol. The van der Waals surface area contributed by atoms with Gasteiger partial charge in [-0.2, -0.15) is 5.26 Å². The van der Waals surface area contributed by atoms with E-state index in [9.17, 15) is 5.26 Å². The number of fused-ring (bicyclic) bond motifs is 1. The molecule has 6 nitrogen and oxygen atoms in total. The molecule has 0 N–H and O–H groups in total. The number of thiazole rings is 1. The zero-order valence-corrected chi connectivity index (χ0v) is 13.8. The highest BCUT2D eigenvalue weighted by Gasteiger charge is 2.18. The average Bonchev–Trinajstić information content (AvgIpc) is 3.06. The third-order valence-corrected chi connectivity index (χ3v) is 4.99. The first kappa shape index (κ1) is 15.0. The van der Waals surface area contributed by atoms with Gasteiger partial charge in [-0.3, -0.25) is 0 Å². The van der Waals surface area contributed by atoms with Crippen LogP contribution in [-0.4, -0.2) is 41.3 Å². The molecule has 1 aliphatic heterocycles.